The van der Waals surface area contributed by atoms with Crippen LogP contribution >= 0.6 is 0 Å². The number of likely N-dealkylation sites (N-methyl/N-ethyl adjacent to an activating group) is 1. The molecule has 192 valence electrons. The minimum absolute atomic E-state index is 0.282. The second-order valence-corrected chi connectivity index (χ2v) is 11.0. The third kappa shape index (κ3) is 4.36. The second-order valence-electron chi connectivity index (χ2n) is 11.0. The molecule has 6 rings (SSSR count). The van der Waals surface area contributed by atoms with E-state index < -0.39 is 0 Å². The van der Waals surface area contributed by atoms with Crippen molar-refractivity contribution < 1.29 is 14.3 Å². The summed E-state index contributed by atoms with van der Waals surface area (Å²) in [5.41, 5.74) is 6.13. The normalized spacial score (nSPS) is 21.6. The highest BCUT2D eigenvalue weighted by Gasteiger charge is 2.44. The smallest absolute Gasteiger partial charge is 0.237 e. The van der Waals surface area contributed by atoms with E-state index in [0.29, 0.717) is 30.5 Å². The number of carbonyl (C=O) groups excluding carboxylic acids is 1. The Balaban J connectivity index is 1.47. The van der Waals surface area contributed by atoms with E-state index in [1.165, 1.54) is 16.5 Å². The molecule has 2 saturated heterocycles. The summed E-state index contributed by atoms with van der Waals surface area (Å²) in [7, 11) is 7.28. The summed E-state index contributed by atoms with van der Waals surface area (Å²) in [4.78, 5) is 20.7. The van der Waals surface area contributed by atoms with Gasteiger partial charge in [-0.3, -0.25) is 4.79 Å². The Hall–Kier alpha value is -2.99. The third-order valence-electron chi connectivity index (χ3n) is 8.06. The molecular weight excluding hydrogens is 450 g/mol. The first-order chi connectivity index (χ1) is 17.3. The number of nitrogens with one attached hydrogen (secondary N) is 1. The van der Waals surface area contributed by atoms with Crippen molar-refractivity contribution in [3.05, 3.63) is 47.5 Å². The molecule has 3 aliphatic rings. The number of hydrogen-bond acceptors (Lipinski definition) is 4. The maximum Gasteiger partial charge on any atom is 0.237 e. The van der Waals surface area contributed by atoms with Crippen molar-refractivity contribution in [2.45, 2.75) is 63.5 Å². The third-order valence-corrected chi connectivity index (χ3v) is 8.06. The molecule has 1 saturated carbocycles. The number of nitrogens with zero attached hydrogens (tertiary/aromatic N) is 2. The van der Waals surface area contributed by atoms with E-state index in [2.05, 4.69) is 48.0 Å². The van der Waals surface area contributed by atoms with Gasteiger partial charge in [-0.1, -0.05) is 19.9 Å². The molecular formula is C30H39N3O3. The lowest BCUT2D eigenvalue weighted by atomic mass is 9.87. The number of aromatic amines is 1. The van der Waals surface area contributed by atoms with Crippen LogP contribution in [0.4, 0.5) is 0 Å². The SMILES string of the molecule is COc1ccc(-c2[nH]c3ccc(C4CCC5CC(C4)N5C(=O)CN(C)C)cc3c2C(C)C)cc1OC. The van der Waals surface area contributed by atoms with Crippen LogP contribution in [-0.2, 0) is 4.79 Å². The Kier molecular flexibility index (Phi) is 6.73. The van der Waals surface area contributed by atoms with Gasteiger partial charge in [0.05, 0.1) is 26.5 Å². The molecule has 3 heterocycles. The van der Waals surface area contributed by atoms with Crippen molar-refractivity contribution in [1.82, 2.24) is 14.8 Å². The summed E-state index contributed by atoms with van der Waals surface area (Å²) >= 11 is 0. The number of fused-ring (bicyclic) bond motifs is 4. The van der Waals surface area contributed by atoms with Crippen molar-refractivity contribution in [2.75, 3.05) is 34.9 Å². The Labute approximate surface area is 214 Å². The zero-order valence-corrected chi connectivity index (χ0v) is 22.4. The number of benzene rings is 2. The largest absolute Gasteiger partial charge is 0.493 e. The number of aromatic nitrogens is 1. The predicted octanol–water partition coefficient (Wildman–Crippen LogP) is 5.77. The Morgan fingerprint density at radius 1 is 1.03 bits per heavy atom. The first-order valence-electron chi connectivity index (χ1n) is 13.1. The van der Waals surface area contributed by atoms with Crippen molar-refractivity contribution in [2.24, 2.45) is 0 Å². The first-order valence-corrected chi connectivity index (χ1v) is 13.1. The quantitative estimate of drug-likeness (QED) is 0.457. The monoisotopic (exact) mass is 489 g/mol. The molecule has 6 nitrogen and oxygen atoms in total. The van der Waals surface area contributed by atoms with Gasteiger partial charge in [-0.25, -0.2) is 0 Å². The van der Waals surface area contributed by atoms with E-state index in [1.807, 2.05) is 31.1 Å². The summed E-state index contributed by atoms with van der Waals surface area (Å²) in [5, 5.41) is 1.30. The van der Waals surface area contributed by atoms with Gasteiger partial charge in [0, 0.05) is 28.6 Å². The fourth-order valence-electron chi connectivity index (χ4n) is 6.37. The van der Waals surface area contributed by atoms with Crippen LogP contribution in [0, 0.1) is 0 Å². The van der Waals surface area contributed by atoms with Gasteiger partial charge < -0.3 is 24.3 Å². The molecule has 0 spiro atoms. The summed E-state index contributed by atoms with van der Waals surface area (Å²) in [6, 6.07) is 13.9. The van der Waals surface area contributed by atoms with Crippen molar-refractivity contribution >= 4 is 16.8 Å². The zero-order chi connectivity index (χ0) is 25.6. The molecule has 1 aromatic heterocycles. The molecule has 2 bridgehead atoms. The molecule has 36 heavy (non-hydrogen) atoms. The molecule has 2 aromatic carbocycles. The number of methoxy groups -OCH3 is 2. The highest BCUT2D eigenvalue weighted by Crippen LogP contribution is 2.45. The molecule has 3 aromatic rings. The maximum atomic E-state index is 12.8. The van der Waals surface area contributed by atoms with Gasteiger partial charge in [0.1, 0.15) is 0 Å². The van der Waals surface area contributed by atoms with Crippen LogP contribution in [0.5, 0.6) is 11.5 Å². The number of carbonyl (C=O) groups is 1. The van der Waals surface area contributed by atoms with E-state index >= 15 is 0 Å². The lowest BCUT2D eigenvalue weighted by molar-refractivity contribution is -0.145. The Morgan fingerprint density at radius 3 is 2.50 bits per heavy atom. The summed E-state index contributed by atoms with van der Waals surface area (Å²) in [6.45, 7) is 5.02. The van der Waals surface area contributed by atoms with Crippen molar-refractivity contribution in [3.63, 3.8) is 0 Å². The fourth-order valence-corrected chi connectivity index (χ4v) is 6.37. The predicted molar refractivity (Wildman–Crippen MR) is 145 cm³/mol. The molecule has 3 unspecified atom stereocenters. The van der Waals surface area contributed by atoms with E-state index in [9.17, 15) is 4.79 Å². The van der Waals surface area contributed by atoms with Gasteiger partial charge in [-0.05, 0) is 93.1 Å². The maximum absolute atomic E-state index is 12.8. The van der Waals surface area contributed by atoms with Crippen LogP contribution in [0.3, 0.4) is 0 Å². The zero-order valence-electron chi connectivity index (χ0n) is 22.4. The van der Waals surface area contributed by atoms with Crippen LogP contribution < -0.4 is 9.47 Å². The molecule has 6 heteroatoms. The lowest BCUT2D eigenvalue weighted by Gasteiger charge is -2.48. The minimum atomic E-state index is 0.282. The average Bonchev–Trinajstić information content (AvgIpc) is 2.95. The number of rotatable bonds is 7. The minimum Gasteiger partial charge on any atom is -0.493 e. The number of ether oxygens (including phenoxy) is 2. The van der Waals surface area contributed by atoms with Crippen LogP contribution in [0.2, 0.25) is 0 Å². The Morgan fingerprint density at radius 2 is 1.81 bits per heavy atom. The van der Waals surface area contributed by atoms with Crippen LogP contribution in [-0.4, -0.2) is 67.6 Å². The fraction of sp³-hybridized carbons (Fsp3) is 0.500. The second kappa shape index (κ2) is 9.81. The highest BCUT2D eigenvalue weighted by atomic mass is 16.5. The number of amides is 1. The van der Waals surface area contributed by atoms with E-state index in [1.54, 1.807) is 14.2 Å². The highest BCUT2D eigenvalue weighted by molar-refractivity contribution is 5.92. The molecule has 3 atom stereocenters. The summed E-state index contributed by atoms with van der Waals surface area (Å²) < 4.78 is 11.0. The van der Waals surface area contributed by atoms with Crippen LogP contribution in [0.1, 0.15) is 62.5 Å². The number of H-pyrrole nitrogens is 1. The summed E-state index contributed by atoms with van der Waals surface area (Å²) in [6.07, 6.45) is 4.45. The topological polar surface area (TPSA) is 57.8 Å². The summed E-state index contributed by atoms with van der Waals surface area (Å²) in [5.74, 6) is 2.59. The molecule has 3 fully saturated rings. The molecule has 1 amide bonds. The van der Waals surface area contributed by atoms with Crippen molar-refractivity contribution in [1.29, 1.82) is 0 Å². The Bertz CT molecular complexity index is 1260. The van der Waals surface area contributed by atoms with E-state index in [4.69, 9.17) is 9.47 Å². The van der Waals surface area contributed by atoms with Crippen LogP contribution in [0.25, 0.3) is 22.2 Å². The van der Waals surface area contributed by atoms with Gasteiger partial charge in [-0.15, -0.1) is 0 Å². The van der Waals surface area contributed by atoms with Gasteiger partial charge in [-0.2, -0.15) is 0 Å². The average molecular weight is 490 g/mol. The van der Waals surface area contributed by atoms with Gasteiger partial charge in [0.2, 0.25) is 5.91 Å². The molecule has 1 aliphatic carbocycles. The standard InChI is InChI=1S/C30H39N3O3/c1-18(2)29-24-14-20(19-7-10-22-16-23(13-19)33(22)28(34)17-32(3)4)8-11-25(24)31-30(29)21-9-12-26(35-5)27(15-21)36-6/h8-9,11-12,14-15,18-19,22-23,31H,7,10,13,16-17H2,1-6H3. The van der Waals surface area contributed by atoms with Crippen molar-refractivity contribution in [3.8, 4) is 22.8 Å². The molecule has 1 N–H and O–H groups in total. The molecule has 2 aliphatic heterocycles. The van der Waals surface area contributed by atoms with Gasteiger partial charge >= 0.3 is 0 Å². The van der Waals surface area contributed by atoms with Gasteiger partial charge in [0.15, 0.2) is 11.5 Å². The van der Waals surface area contributed by atoms with Crippen LogP contribution in [0.15, 0.2) is 36.4 Å². The van der Waals surface area contributed by atoms with E-state index in [-0.39, 0.29) is 5.91 Å². The first kappa shape index (κ1) is 24.7. The lowest BCUT2D eigenvalue weighted by Crippen LogP contribution is -2.59. The molecule has 0 radical (unpaired) electrons. The number of hydrogen-bond donors (Lipinski definition) is 1. The van der Waals surface area contributed by atoms with Gasteiger partial charge in [0.25, 0.3) is 0 Å². The van der Waals surface area contributed by atoms with E-state index in [0.717, 1.165) is 54.0 Å².